The molecule has 1 aromatic rings. The van der Waals surface area contributed by atoms with Crippen molar-refractivity contribution in [2.24, 2.45) is 0 Å². The van der Waals surface area contributed by atoms with Crippen LogP contribution in [0.4, 0.5) is 5.69 Å². The molecule has 1 unspecified atom stereocenters. The van der Waals surface area contributed by atoms with Crippen LogP contribution < -0.4 is 5.32 Å². The SMILES string of the molecule is CCCNC(COC)Cc1ccc(I)cc1[N+](=O)[O-]. The summed E-state index contributed by atoms with van der Waals surface area (Å²) < 4.78 is 6.04. The summed E-state index contributed by atoms with van der Waals surface area (Å²) in [5, 5.41) is 14.4. The predicted molar refractivity (Wildman–Crippen MR) is 83.5 cm³/mol. The Bertz CT molecular complexity index is 426. The monoisotopic (exact) mass is 378 g/mol. The largest absolute Gasteiger partial charge is 0.383 e. The van der Waals surface area contributed by atoms with Gasteiger partial charge in [-0.25, -0.2) is 0 Å². The fraction of sp³-hybridized carbons (Fsp3) is 0.538. The van der Waals surface area contributed by atoms with Crippen molar-refractivity contribution in [1.29, 1.82) is 0 Å². The topological polar surface area (TPSA) is 64.4 Å². The van der Waals surface area contributed by atoms with Crippen LogP contribution in [0.1, 0.15) is 18.9 Å². The standard InChI is InChI=1S/C13H19IN2O3/c1-3-6-15-12(9-19-2)7-10-4-5-11(14)8-13(10)16(17)18/h4-5,8,12,15H,3,6-7,9H2,1-2H3. The first kappa shape index (κ1) is 16.3. The molecule has 106 valence electrons. The van der Waals surface area contributed by atoms with Crippen LogP contribution in [0.15, 0.2) is 18.2 Å². The van der Waals surface area contributed by atoms with Crippen LogP contribution in [0.2, 0.25) is 0 Å². The maximum absolute atomic E-state index is 11.1. The highest BCUT2D eigenvalue weighted by molar-refractivity contribution is 14.1. The minimum Gasteiger partial charge on any atom is -0.383 e. The normalized spacial score (nSPS) is 12.4. The maximum atomic E-state index is 11.1. The lowest BCUT2D eigenvalue weighted by molar-refractivity contribution is -0.385. The van der Waals surface area contributed by atoms with Gasteiger partial charge in [-0.05, 0) is 48.0 Å². The summed E-state index contributed by atoms with van der Waals surface area (Å²) in [5.74, 6) is 0. The molecular formula is C13H19IN2O3. The molecule has 0 saturated heterocycles. The molecule has 0 radical (unpaired) electrons. The molecule has 19 heavy (non-hydrogen) atoms. The molecule has 0 spiro atoms. The van der Waals surface area contributed by atoms with E-state index < -0.39 is 0 Å². The quantitative estimate of drug-likeness (QED) is 0.429. The van der Waals surface area contributed by atoms with Gasteiger partial charge >= 0.3 is 0 Å². The van der Waals surface area contributed by atoms with E-state index in [1.807, 2.05) is 12.1 Å². The molecule has 0 amide bonds. The lowest BCUT2D eigenvalue weighted by Crippen LogP contribution is -2.35. The highest BCUT2D eigenvalue weighted by Gasteiger charge is 2.18. The summed E-state index contributed by atoms with van der Waals surface area (Å²) in [6.07, 6.45) is 1.62. The Balaban J connectivity index is 2.85. The number of nitrogens with one attached hydrogen (secondary N) is 1. The number of halogens is 1. The molecule has 0 bridgehead atoms. The van der Waals surface area contributed by atoms with Gasteiger partial charge in [-0.2, -0.15) is 0 Å². The zero-order chi connectivity index (χ0) is 14.3. The summed E-state index contributed by atoms with van der Waals surface area (Å²) in [6.45, 7) is 3.51. The van der Waals surface area contributed by atoms with Gasteiger partial charge in [0.25, 0.3) is 5.69 Å². The first-order valence-electron chi connectivity index (χ1n) is 6.23. The summed E-state index contributed by atoms with van der Waals surface area (Å²) in [6, 6.07) is 5.44. The molecule has 5 nitrogen and oxygen atoms in total. The number of hydrogen-bond acceptors (Lipinski definition) is 4. The molecule has 0 aromatic heterocycles. The Morgan fingerprint density at radius 2 is 2.26 bits per heavy atom. The van der Waals surface area contributed by atoms with Gasteiger partial charge in [0, 0.05) is 28.4 Å². The van der Waals surface area contributed by atoms with E-state index in [4.69, 9.17) is 4.74 Å². The number of ether oxygens (including phenoxy) is 1. The fourth-order valence-corrected chi connectivity index (χ4v) is 2.36. The first-order valence-corrected chi connectivity index (χ1v) is 7.31. The number of methoxy groups -OCH3 is 1. The lowest BCUT2D eigenvalue weighted by atomic mass is 10.0. The molecule has 1 atom stereocenters. The van der Waals surface area contributed by atoms with Crippen molar-refractivity contribution < 1.29 is 9.66 Å². The Kier molecular flexibility index (Phi) is 7.25. The van der Waals surface area contributed by atoms with E-state index in [0.717, 1.165) is 22.1 Å². The highest BCUT2D eigenvalue weighted by Crippen LogP contribution is 2.22. The van der Waals surface area contributed by atoms with E-state index in [2.05, 4.69) is 34.8 Å². The average Bonchev–Trinajstić information content (AvgIpc) is 2.38. The molecule has 1 rings (SSSR count). The van der Waals surface area contributed by atoms with Crippen LogP contribution >= 0.6 is 22.6 Å². The zero-order valence-corrected chi connectivity index (χ0v) is 13.3. The number of nitro benzene ring substituents is 1. The van der Waals surface area contributed by atoms with Crippen LogP contribution in [-0.4, -0.2) is 31.2 Å². The summed E-state index contributed by atoms with van der Waals surface area (Å²) >= 11 is 2.08. The number of nitro groups is 1. The lowest BCUT2D eigenvalue weighted by Gasteiger charge is -2.17. The van der Waals surface area contributed by atoms with Crippen molar-refractivity contribution >= 4 is 28.3 Å². The molecular weight excluding hydrogens is 359 g/mol. The van der Waals surface area contributed by atoms with Gasteiger partial charge in [0.2, 0.25) is 0 Å². The molecule has 6 heteroatoms. The molecule has 0 aliphatic heterocycles. The van der Waals surface area contributed by atoms with Gasteiger partial charge in [-0.3, -0.25) is 10.1 Å². The number of nitrogens with zero attached hydrogens (tertiary/aromatic N) is 1. The molecule has 0 fully saturated rings. The van der Waals surface area contributed by atoms with E-state index in [-0.39, 0.29) is 16.7 Å². The molecule has 0 aliphatic carbocycles. The third kappa shape index (κ3) is 5.42. The predicted octanol–water partition coefficient (Wildman–Crippen LogP) is 2.76. The van der Waals surface area contributed by atoms with E-state index in [1.54, 1.807) is 13.2 Å². The second-order valence-electron chi connectivity index (χ2n) is 4.34. The smallest absolute Gasteiger partial charge is 0.273 e. The van der Waals surface area contributed by atoms with E-state index >= 15 is 0 Å². The molecule has 1 aromatic carbocycles. The number of benzene rings is 1. The van der Waals surface area contributed by atoms with Gasteiger partial charge in [0.15, 0.2) is 0 Å². The average molecular weight is 378 g/mol. The van der Waals surface area contributed by atoms with Gasteiger partial charge in [-0.15, -0.1) is 0 Å². The second-order valence-corrected chi connectivity index (χ2v) is 5.59. The van der Waals surface area contributed by atoms with E-state index in [0.29, 0.717) is 13.0 Å². The Morgan fingerprint density at radius 3 is 2.84 bits per heavy atom. The van der Waals surface area contributed by atoms with Crippen molar-refractivity contribution in [2.45, 2.75) is 25.8 Å². The number of rotatable bonds is 8. The summed E-state index contributed by atoms with van der Waals surface area (Å²) in [5.41, 5.74) is 0.933. The third-order valence-electron chi connectivity index (χ3n) is 2.76. The Labute approximate surface area is 127 Å². The van der Waals surface area contributed by atoms with Gasteiger partial charge in [0.1, 0.15) is 0 Å². The van der Waals surface area contributed by atoms with Crippen molar-refractivity contribution in [3.05, 3.63) is 37.4 Å². The molecule has 1 N–H and O–H groups in total. The second kappa shape index (κ2) is 8.44. The van der Waals surface area contributed by atoms with Gasteiger partial charge in [-0.1, -0.05) is 13.0 Å². The highest BCUT2D eigenvalue weighted by atomic mass is 127. The fourth-order valence-electron chi connectivity index (χ4n) is 1.88. The third-order valence-corrected chi connectivity index (χ3v) is 3.43. The van der Waals surface area contributed by atoms with Crippen LogP contribution in [0.5, 0.6) is 0 Å². The van der Waals surface area contributed by atoms with Crippen molar-refractivity contribution in [1.82, 2.24) is 5.32 Å². The molecule has 0 aliphatic rings. The number of hydrogen-bond donors (Lipinski definition) is 1. The molecule has 0 saturated carbocycles. The minimum absolute atomic E-state index is 0.101. The van der Waals surface area contributed by atoms with Crippen LogP contribution in [0, 0.1) is 13.7 Å². The Morgan fingerprint density at radius 1 is 1.53 bits per heavy atom. The van der Waals surface area contributed by atoms with E-state index in [1.165, 1.54) is 0 Å². The van der Waals surface area contributed by atoms with Crippen LogP contribution in [0.3, 0.4) is 0 Å². The first-order chi connectivity index (χ1) is 9.08. The van der Waals surface area contributed by atoms with Crippen LogP contribution in [0.25, 0.3) is 0 Å². The van der Waals surface area contributed by atoms with Crippen LogP contribution in [-0.2, 0) is 11.2 Å². The van der Waals surface area contributed by atoms with Gasteiger partial charge in [0.05, 0.1) is 11.5 Å². The molecule has 0 heterocycles. The summed E-state index contributed by atoms with van der Waals surface area (Å²) in [4.78, 5) is 10.8. The van der Waals surface area contributed by atoms with E-state index in [9.17, 15) is 10.1 Å². The van der Waals surface area contributed by atoms with Crippen molar-refractivity contribution in [2.75, 3.05) is 20.3 Å². The Hall–Kier alpha value is -0.730. The minimum atomic E-state index is -0.318. The van der Waals surface area contributed by atoms with Crippen molar-refractivity contribution in [3.63, 3.8) is 0 Å². The maximum Gasteiger partial charge on any atom is 0.273 e. The van der Waals surface area contributed by atoms with Crippen molar-refractivity contribution in [3.8, 4) is 0 Å². The van der Waals surface area contributed by atoms with Gasteiger partial charge < -0.3 is 10.1 Å². The zero-order valence-electron chi connectivity index (χ0n) is 11.2. The summed E-state index contributed by atoms with van der Waals surface area (Å²) in [7, 11) is 1.64.